The molecule has 0 aliphatic carbocycles. The molecule has 32 heavy (non-hydrogen) atoms. The first-order valence-corrected chi connectivity index (χ1v) is 11.6. The summed E-state index contributed by atoms with van der Waals surface area (Å²) in [6.45, 7) is 5.31. The van der Waals surface area contributed by atoms with Crippen LogP contribution < -0.4 is 14.8 Å². The smallest absolute Gasteiger partial charge is 0.278 e. The number of aryl methyl sites for hydroxylation is 3. The highest BCUT2D eigenvalue weighted by molar-refractivity contribution is 7.13. The van der Waals surface area contributed by atoms with Crippen LogP contribution in [-0.2, 0) is 19.5 Å². The van der Waals surface area contributed by atoms with Crippen LogP contribution in [0.4, 0.5) is 0 Å². The number of hydrogen-bond acceptors (Lipinski definition) is 7. The number of nitrogens with zero attached hydrogens (tertiary/aromatic N) is 2. The Kier molecular flexibility index (Phi) is 5.92. The van der Waals surface area contributed by atoms with Crippen LogP contribution in [0.3, 0.4) is 0 Å². The summed E-state index contributed by atoms with van der Waals surface area (Å²) in [5, 5.41) is 8.05. The quantitative estimate of drug-likeness (QED) is 0.381. The Hall–Kier alpha value is -3.16. The van der Waals surface area contributed by atoms with Gasteiger partial charge in [0.1, 0.15) is 23.4 Å². The predicted molar refractivity (Wildman–Crippen MR) is 123 cm³/mol. The largest absolute Gasteiger partial charge is 0.485 e. The molecule has 0 fully saturated rings. The van der Waals surface area contributed by atoms with E-state index >= 15 is 0 Å². The molecule has 0 saturated heterocycles. The number of rotatable bonds is 7. The molecule has 0 spiro atoms. The van der Waals surface area contributed by atoms with Gasteiger partial charge in [0.2, 0.25) is 0 Å². The zero-order valence-electron chi connectivity index (χ0n) is 18.1. The van der Waals surface area contributed by atoms with Crippen molar-refractivity contribution in [2.45, 2.75) is 45.9 Å². The summed E-state index contributed by atoms with van der Waals surface area (Å²) in [6.07, 6.45) is 3.88. The number of thiazole rings is 1. The lowest BCUT2D eigenvalue weighted by atomic mass is 9.97. The summed E-state index contributed by atoms with van der Waals surface area (Å²) in [7, 11) is 0. The molecular weight excluding hydrogens is 422 g/mol. The van der Waals surface area contributed by atoms with E-state index < -0.39 is 0 Å². The number of ether oxygens (including phenoxy) is 2. The lowest BCUT2D eigenvalue weighted by Crippen LogP contribution is -2.15. The summed E-state index contributed by atoms with van der Waals surface area (Å²) < 4.78 is 17.5. The van der Waals surface area contributed by atoms with Gasteiger partial charge >= 0.3 is 0 Å². The van der Waals surface area contributed by atoms with Gasteiger partial charge in [-0.1, -0.05) is 46.8 Å². The van der Waals surface area contributed by atoms with E-state index in [1.807, 2.05) is 38.2 Å². The van der Waals surface area contributed by atoms with Crippen molar-refractivity contribution in [1.82, 2.24) is 15.5 Å². The van der Waals surface area contributed by atoms with Crippen molar-refractivity contribution >= 4 is 11.3 Å². The van der Waals surface area contributed by atoms with Gasteiger partial charge in [-0.15, -0.1) is 0 Å². The van der Waals surface area contributed by atoms with Gasteiger partial charge in [-0.2, -0.15) is 0 Å². The molecular formula is C25H25N3O3S. The van der Waals surface area contributed by atoms with E-state index in [1.165, 1.54) is 11.1 Å². The molecule has 164 valence electrons. The predicted octanol–water partition coefficient (Wildman–Crippen LogP) is 5.90. The van der Waals surface area contributed by atoms with Crippen molar-refractivity contribution in [3.05, 3.63) is 87.7 Å². The fourth-order valence-corrected chi connectivity index (χ4v) is 4.66. The van der Waals surface area contributed by atoms with Gasteiger partial charge in [0, 0.05) is 29.7 Å². The van der Waals surface area contributed by atoms with Crippen molar-refractivity contribution in [1.29, 1.82) is 0 Å². The topological polar surface area (TPSA) is 69.4 Å². The molecule has 0 saturated carbocycles. The Morgan fingerprint density at radius 1 is 1.12 bits per heavy atom. The van der Waals surface area contributed by atoms with E-state index in [9.17, 15) is 0 Å². The third kappa shape index (κ3) is 4.54. The maximum absolute atomic E-state index is 6.23. The van der Waals surface area contributed by atoms with E-state index in [0.29, 0.717) is 18.3 Å². The molecule has 1 N–H and O–H groups in total. The zero-order chi connectivity index (χ0) is 21.9. The van der Waals surface area contributed by atoms with Crippen LogP contribution >= 0.6 is 11.3 Å². The van der Waals surface area contributed by atoms with Gasteiger partial charge in [-0.25, -0.2) is 4.98 Å². The summed E-state index contributed by atoms with van der Waals surface area (Å²) in [5.41, 5.74) is 4.43. The Bertz CT molecular complexity index is 1180. The molecule has 1 unspecified atom stereocenters. The molecule has 5 rings (SSSR count). The van der Waals surface area contributed by atoms with Crippen LogP contribution in [0.2, 0.25) is 0 Å². The fourth-order valence-electron chi connectivity index (χ4n) is 3.92. The Morgan fingerprint density at radius 2 is 2.00 bits per heavy atom. The van der Waals surface area contributed by atoms with Crippen molar-refractivity contribution in [2.24, 2.45) is 0 Å². The molecule has 0 bridgehead atoms. The lowest BCUT2D eigenvalue weighted by Gasteiger charge is -2.26. The third-order valence-electron chi connectivity index (χ3n) is 5.67. The number of hydrogen-bond donors (Lipinski definition) is 1. The summed E-state index contributed by atoms with van der Waals surface area (Å²) in [6, 6.07) is 16.4. The minimum atomic E-state index is 0.106. The van der Waals surface area contributed by atoms with Gasteiger partial charge < -0.3 is 19.3 Å². The van der Waals surface area contributed by atoms with Crippen molar-refractivity contribution in [2.75, 3.05) is 0 Å². The second kappa shape index (κ2) is 9.14. The average Bonchev–Trinajstić information content (AvgIpc) is 3.40. The highest BCUT2D eigenvalue weighted by Gasteiger charge is 2.21. The molecule has 6 nitrogen and oxygen atoms in total. The van der Waals surface area contributed by atoms with E-state index in [-0.39, 0.29) is 6.10 Å². The standard InChI is InChI=1S/C25H25N3O3S/c1-16-22(17(2)31-28-16)15-26-13-21-14-27-25(32-21)29-20-9-11-24-19(12-20)8-10-23(30-24)18-6-4-3-5-7-18/h3-7,9,11-12,14,23,26H,8,10,13,15H2,1-2H3. The van der Waals surface area contributed by atoms with Crippen molar-refractivity contribution < 1.29 is 14.0 Å². The second-order valence-corrected chi connectivity index (χ2v) is 9.00. The SMILES string of the molecule is Cc1noc(C)c1CNCc1cnc(Oc2ccc3c(c2)CCC(c2ccccc2)O3)s1. The van der Waals surface area contributed by atoms with Crippen molar-refractivity contribution in [3.63, 3.8) is 0 Å². The Balaban J connectivity index is 1.18. The Morgan fingerprint density at radius 3 is 2.81 bits per heavy atom. The maximum Gasteiger partial charge on any atom is 0.278 e. The fraction of sp³-hybridized carbons (Fsp3) is 0.280. The highest BCUT2D eigenvalue weighted by atomic mass is 32.1. The number of aromatic nitrogens is 2. The second-order valence-electron chi connectivity index (χ2n) is 7.93. The first-order chi connectivity index (χ1) is 15.7. The van der Waals surface area contributed by atoms with Crippen LogP contribution in [0.1, 0.15) is 45.5 Å². The molecule has 3 heterocycles. The maximum atomic E-state index is 6.23. The van der Waals surface area contributed by atoms with E-state index in [1.54, 1.807) is 11.3 Å². The van der Waals surface area contributed by atoms with E-state index in [0.717, 1.165) is 46.2 Å². The van der Waals surface area contributed by atoms with Crippen LogP contribution in [0.25, 0.3) is 0 Å². The summed E-state index contributed by atoms with van der Waals surface area (Å²) >= 11 is 1.54. The normalized spacial score (nSPS) is 15.2. The van der Waals surface area contributed by atoms with Gasteiger partial charge in [0.05, 0.1) is 5.69 Å². The van der Waals surface area contributed by atoms with E-state index in [2.05, 4.69) is 45.8 Å². The van der Waals surface area contributed by atoms with Gasteiger partial charge in [-0.05, 0) is 56.0 Å². The van der Waals surface area contributed by atoms with Crippen LogP contribution in [0.5, 0.6) is 16.7 Å². The molecule has 0 amide bonds. The lowest BCUT2D eigenvalue weighted by molar-refractivity contribution is 0.176. The van der Waals surface area contributed by atoms with E-state index in [4.69, 9.17) is 14.0 Å². The third-order valence-corrected chi connectivity index (χ3v) is 6.54. The number of fused-ring (bicyclic) bond motifs is 1. The molecule has 2 aromatic heterocycles. The first-order valence-electron chi connectivity index (χ1n) is 10.8. The molecule has 1 atom stereocenters. The van der Waals surface area contributed by atoms with Gasteiger partial charge in [0.25, 0.3) is 5.19 Å². The molecule has 4 aromatic rings. The molecule has 1 aliphatic heterocycles. The molecule has 1 aliphatic rings. The minimum Gasteiger partial charge on any atom is -0.485 e. The number of nitrogens with one attached hydrogen (secondary N) is 1. The first kappa shape index (κ1) is 20.7. The zero-order valence-corrected chi connectivity index (χ0v) is 18.9. The van der Waals surface area contributed by atoms with Crippen molar-refractivity contribution in [3.8, 4) is 16.7 Å². The monoisotopic (exact) mass is 447 g/mol. The van der Waals surface area contributed by atoms with Gasteiger partial charge in [0.15, 0.2) is 0 Å². The summed E-state index contributed by atoms with van der Waals surface area (Å²) in [4.78, 5) is 5.53. The molecule has 7 heteroatoms. The molecule has 0 radical (unpaired) electrons. The Labute approximate surface area is 191 Å². The summed E-state index contributed by atoms with van der Waals surface area (Å²) in [5.74, 6) is 2.57. The highest BCUT2D eigenvalue weighted by Crippen LogP contribution is 2.38. The van der Waals surface area contributed by atoms with Crippen LogP contribution in [-0.4, -0.2) is 10.1 Å². The van der Waals surface area contributed by atoms with Crippen LogP contribution in [0.15, 0.2) is 59.3 Å². The average molecular weight is 448 g/mol. The molecule has 2 aromatic carbocycles. The van der Waals surface area contributed by atoms with Crippen LogP contribution in [0, 0.1) is 13.8 Å². The minimum absolute atomic E-state index is 0.106. The van der Waals surface area contributed by atoms with Gasteiger partial charge in [-0.3, -0.25) is 0 Å². The number of benzene rings is 2.